The number of ether oxygens (including phenoxy) is 3. The van der Waals surface area contributed by atoms with Crippen molar-refractivity contribution < 1.29 is 27.0 Å². The molecule has 0 atom stereocenters. The van der Waals surface area contributed by atoms with Crippen LogP contribution in [0.15, 0.2) is 95.7 Å². The van der Waals surface area contributed by atoms with Gasteiger partial charge >= 0.3 is 0 Å². The third kappa shape index (κ3) is 8.05. The fraction of sp³-hybridized carbons (Fsp3) is 0.176. The SMILES string of the molecule is COc1cc2ncnc(Nc3ccc(OCc4cccc(F)c4)c(Cl)c3)c2cc1-c1csc(CCOCCS(=O)(=O)c2ccccn2)n1. The fourth-order valence-corrected chi connectivity index (χ4v) is 6.86. The van der Waals surface area contributed by atoms with Crippen LogP contribution in [0.25, 0.3) is 22.2 Å². The summed E-state index contributed by atoms with van der Waals surface area (Å²) in [6.45, 7) is 0.549. The maximum absolute atomic E-state index is 13.5. The summed E-state index contributed by atoms with van der Waals surface area (Å²) >= 11 is 8.00. The Morgan fingerprint density at radius 3 is 2.65 bits per heavy atom. The monoisotopic (exact) mass is 705 g/mol. The highest BCUT2D eigenvalue weighted by Crippen LogP contribution is 2.37. The van der Waals surface area contributed by atoms with E-state index in [0.717, 1.165) is 16.0 Å². The molecule has 0 aliphatic heterocycles. The third-order valence-electron chi connectivity index (χ3n) is 7.18. The van der Waals surface area contributed by atoms with Gasteiger partial charge in [0.2, 0.25) is 0 Å². The van der Waals surface area contributed by atoms with E-state index in [1.807, 2.05) is 23.6 Å². The van der Waals surface area contributed by atoms with E-state index in [1.165, 1.54) is 42.1 Å². The minimum absolute atomic E-state index is 0.0387. The third-order valence-corrected chi connectivity index (χ3v) is 9.96. The first kappa shape index (κ1) is 33.2. The molecule has 3 aromatic heterocycles. The van der Waals surface area contributed by atoms with Crippen molar-refractivity contribution in [2.45, 2.75) is 18.1 Å². The van der Waals surface area contributed by atoms with Crippen LogP contribution >= 0.6 is 22.9 Å². The first-order chi connectivity index (χ1) is 23.3. The van der Waals surface area contributed by atoms with Gasteiger partial charge in [-0.2, -0.15) is 0 Å². The van der Waals surface area contributed by atoms with Gasteiger partial charge in [0.25, 0.3) is 0 Å². The van der Waals surface area contributed by atoms with Crippen molar-refractivity contribution >= 4 is 55.2 Å². The number of aromatic nitrogens is 4. The molecule has 48 heavy (non-hydrogen) atoms. The van der Waals surface area contributed by atoms with Crippen LogP contribution in [0.5, 0.6) is 11.5 Å². The van der Waals surface area contributed by atoms with Crippen molar-refractivity contribution in [3.05, 3.63) is 112 Å². The smallest absolute Gasteiger partial charge is 0.197 e. The van der Waals surface area contributed by atoms with Gasteiger partial charge in [0.1, 0.15) is 36.1 Å². The topological polar surface area (TPSA) is 125 Å². The lowest BCUT2D eigenvalue weighted by Gasteiger charge is -2.13. The Morgan fingerprint density at radius 1 is 0.958 bits per heavy atom. The van der Waals surface area contributed by atoms with Crippen LogP contribution in [0.4, 0.5) is 15.9 Å². The largest absolute Gasteiger partial charge is 0.496 e. The Hall–Kier alpha value is -4.69. The molecule has 0 unspecified atom stereocenters. The molecule has 10 nitrogen and oxygen atoms in total. The van der Waals surface area contributed by atoms with E-state index in [2.05, 4.69) is 20.3 Å². The van der Waals surface area contributed by atoms with Gasteiger partial charge in [-0.25, -0.2) is 32.7 Å². The molecule has 1 N–H and O–H groups in total. The van der Waals surface area contributed by atoms with E-state index in [4.69, 9.17) is 30.8 Å². The predicted molar refractivity (Wildman–Crippen MR) is 183 cm³/mol. The second-order valence-electron chi connectivity index (χ2n) is 10.5. The number of hydrogen-bond donors (Lipinski definition) is 1. The van der Waals surface area contributed by atoms with Gasteiger partial charge in [0.15, 0.2) is 14.9 Å². The maximum atomic E-state index is 13.5. The van der Waals surface area contributed by atoms with Gasteiger partial charge < -0.3 is 19.5 Å². The average Bonchev–Trinajstić information content (AvgIpc) is 3.56. The highest BCUT2D eigenvalue weighted by Gasteiger charge is 2.17. The number of thiazole rings is 1. The number of hydrogen-bond acceptors (Lipinski definition) is 11. The number of methoxy groups -OCH3 is 1. The van der Waals surface area contributed by atoms with E-state index in [9.17, 15) is 12.8 Å². The molecule has 0 aliphatic carbocycles. The second-order valence-corrected chi connectivity index (χ2v) is 13.9. The lowest BCUT2D eigenvalue weighted by Crippen LogP contribution is -2.14. The Labute approximate surface area is 285 Å². The van der Waals surface area contributed by atoms with E-state index < -0.39 is 9.84 Å². The second kappa shape index (κ2) is 15.0. The number of nitrogens with zero attached hydrogens (tertiary/aromatic N) is 4. The van der Waals surface area contributed by atoms with Gasteiger partial charge in [-0.05, 0) is 54.1 Å². The van der Waals surface area contributed by atoms with E-state index in [1.54, 1.807) is 43.5 Å². The number of anilines is 2. The predicted octanol–water partition coefficient (Wildman–Crippen LogP) is 7.31. The summed E-state index contributed by atoms with van der Waals surface area (Å²) in [6, 6.07) is 20.0. The quantitative estimate of drug-likeness (QED) is 0.115. The summed E-state index contributed by atoms with van der Waals surface area (Å²) in [5, 5.41) is 7.24. The normalized spacial score (nSPS) is 11.5. The molecule has 0 amide bonds. The number of nitrogens with one attached hydrogen (secondary N) is 1. The summed E-state index contributed by atoms with van der Waals surface area (Å²) in [4.78, 5) is 17.6. The molecule has 0 radical (unpaired) electrons. The zero-order chi connectivity index (χ0) is 33.5. The van der Waals surface area contributed by atoms with E-state index in [-0.39, 0.29) is 29.8 Å². The molecule has 0 saturated carbocycles. The van der Waals surface area contributed by atoms with Gasteiger partial charge in [-0.3, -0.25) is 0 Å². The number of pyridine rings is 1. The summed E-state index contributed by atoms with van der Waals surface area (Å²) in [6.07, 6.45) is 3.43. The van der Waals surface area contributed by atoms with Crippen molar-refractivity contribution in [1.82, 2.24) is 19.9 Å². The molecule has 3 heterocycles. The average molecular weight is 706 g/mol. The number of halogens is 2. The number of sulfone groups is 1. The van der Waals surface area contributed by atoms with E-state index in [0.29, 0.717) is 57.8 Å². The van der Waals surface area contributed by atoms with Crippen LogP contribution in [0.3, 0.4) is 0 Å². The molecule has 6 rings (SSSR count). The van der Waals surface area contributed by atoms with Crippen molar-refractivity contribution in [1.29, 1.82) is 0 Å². The van der Waals surface area contributed by atoms with Crippen LogP contribution < -0.4 is 14.8 Å². The van der Waals surface area contributed by atoms with Crippen LogP contribution in [-0.4, -0.2) is 54.4 Å². The Balaban J connectivity index is 1.13. The number of fused-ring (bicyclic) bond motifs is 1. The fourth-order valence-electron chi connectivity index (χ4n) is 4.79. The Bertz CT molecular complexity index is 2150. The standard InChI is InChI=1S/C34H29ClFN5O5S2/c1-44-31-18-28-26(17-25(31)29-20-47-32(41-29)10-12-45-13-14-48(42,43)33-7-2-3-11-37-33)34(39-21-38-28)40-24-8-9-30(27(35)16-24)46-19-22-5-4-6-23(36)15-22/h2-9,11,15-18,20-21H,10,12-14,19H2,1H3,(H,38,39,40). The molecular weight excluding hydrogens is 677 g/mol. The molecule has 0 aliphatic rings. The first-order valence-corrected chi connectivity index (χ1v) is 17.6. The molecule has 0 bridgehead atoms. The molecule has 246 valence electrons. The number of rotatable bonds is 14. The molecule has 0 fully saturated rings. The summed E-state index contributed by atoms with van der Waals surface area (Å²) in [5.74, 6) is 1.14. The van der Waals surface area contributed by atoms with Gasteiger partial charge in [0, 0.05) is 40.7 Å². The molecule has 14 heteroatoms. The highest BCUT2D eigenvalue weighted by atomic mass is 35.5. The summed E-state index contributed by atoms with van der Waals surface area (Å²) in [5.41, 5.74) is 3.51. The first-order valence-electron chi connectivity index (χ1n) is 14.7. The minimum atomic E-state index is -3.51. The minimum Gasteiger partial charge on any atom is -0.496 e. The summed E-state index contributed by atoms with van der Waals surface area (Å²) in [7, 11) is -1.92. The molecule has 6 aromatic rings. The van der Waals surface area contributed by atoms with Gasteiger partial charge in [-0.1, -0.05) is 29.8 Å². The van der Waals surface area contributed by atoms with Crippen LogP contribution in [0.1, 0.15) is 10.6 Å². The van der Waals surface area contributed by atoms with Crippen LogP contribution in [-0.2, 0) is 27.6 Å². The Morgan fingerprint density at radius 2 is 1.85 bits per heavy atom. The van der Waals surface area contributed by atoms with Gasteiger partial charge in [0.05, 0.1) is 47.3 Å². The molecular formula is C34H29ClFN5O5S2. The summed E-state index contributed by atoms with van der Waals surface area (Å²) < 4.78 is 55.5. The molecule has 3 aromatic carbocycles. The lowest BCUT2D eigenvalue weighted by molar-refractivity contribution is 0.152. The number of benzene rings is 3. The van der Waals surface area contributed by atoms with Gasteiger partial charge in [-0.15, -0.1) is 11.3 Å². The molecule has 0 saturated heterocycles. The molecule has 0 spiro atoms. The zero-order valence-corrected chi connectivity index (χ0v) is 28.0. The lowest BCUT2D eigenvalue weighted by atomic mass is 10.1. The Kier molecular flexibility index (Phi) is 10.4. The maximum Gasteiger partial charge on any atom is 0.197 e. The van der Waals surface area contributed by atoms with Crippen LogP contribution in [0.2, 0.25) is 5.02 Å². The van der Waals surface area contributed by atoms with E-state index >= 15 is 0 Å². The van der Waals surface area contributed by atoms with Crippen molar-refractivity contribution in [3.63, 3.8) is 0 Å². The zero-order valence-electron chi connectivity index (χ0n) is 25.6. The highest BCUT2D eigenvalue weighted by molar-refractivity contribution is 7.91. The van der Waals surface area contributed by atoms with Crippen LogP contribution in [0, 0.1) is 5.82 Å². The van der Waals surface area contributed by atoms with Crippen molar-refractivity contribution in [2.24, 2.45) is 0 Å². The van der Waals surface area contributed by atoms with Crippen molar-refractivity contribution in [2.75, 3.05) is 31.4 Å². The van der Waals surface area contributed by atoms with Crippen molar-refractivity contribution in [3.8, 4) is 22.8 Å².